The van der Waals surface area contributed by atoms with E-state index in [4.69, 9.17) is 0 Å². The average molecular weight is 815 g/mol. The van der Waals surface area contributed by atoms with Gasteiger partial charge in [-0.1, -0.05) is 218 Å². The van der Waals surface area contributed by atoms with Crippen LogP contribution in [0.4, 0.5) is 0 Å². The minimum absolute atomic E-state index is 1.23. The van der Waals surface area contributed by atoms with Crippen molar-refractivity contribution in [2.75, 3.05) is 0 Å². The summed E-state index contributed by atoms with van der Waals surface area (Å²) in [5, 5.41) is 15.3. The Hall–Kier alpha value is -7.84. The first-order valence-corrected chi connectivity index (χ1v) is 22.6. The fourth-order valence-electron chi connectivity index (χ4n) is 10.6. The van der Waals surface area contributed by atoms with Crippen molar-refractivity contribution in [1.29, 1.82) is 0 Å². The molecular weight excluding hydrogens is 777 g/mol. The molecule has 13 rings (SSSR count). The zero-order chi connectivity index (χ0) is 41.4. The zero-order valence-corrected chi connectivity index (χ0v) is 35.2. The summed E-state index contributed by atoms with van der Waals surface area (Å²) in [4.78, 5) is 0. The molecule has 0 saturated carbocycles. The van der Waals surface area contributed by atoms with Crippen molar-refractivity contribution in [3.63, 3.8) is 0 Å². The molecule has 0 atom stereocenters. The summed E-state index contributed by atoms with van der Waals surface area (Å²) in [6.45, 7) is 0. The normalized spacial score (nSPS) is 11.8. The maximum atomic E-state index is 2.45. The summed E-state index contributed by atoms with van der Waals surface area (Å²) >= 11 is 1.90. The van der Waals surface area contributed by atoms with Gasteiger partial charge in [0.1, 0.15) is 0 Å². The van der Waals surface area contributed by atoms with Crippen LogP contribution in [0.5, 0.6) is 0 Å². The van der Waals surface area contributed by atoms with Gasteiger partial charge in [-0.25, -0.2) is 0 Å². The molecule has 0 fully saturated rings. The van der Waals surface area contributed by atoms with Gasteiger partial charge >= 0.3 is 0 Å². The van der Waals surface area contributed by atoms with Crippen molar-refractivity contribution in [2.45, 2.75) is 0 Å². The van der Waals surface area contributed by atoms with Gasteiger partial charge in [-0.05, 0) is 122 Å². The van der Waals surface area contributed by atoms with Crippen LogP contribution in [0.1, 0.15) is 0 Å². The molecule has 0 unspecified atom stereocenters. The molecule has 0 bridgehead atoms. The Morgan fingerprint density at radius 3 is 1.16 bits per heavy atom. The van der Waals surface area contributed by atoms with Crippen molar-refractivity contribution in [3.8, 4) is 55.6 Å². The molecule has 0 spiro atoms. The van der Waals surface area contributed by atoms with E-state index in [9.17, 15) is 0 Å². The second-order valence-corrected chi connectivity index (χ2v) is 17.7. The lowest BCUT2D eigenvalue weighted by Crippen LogP contribution is -1.93. The van der Waals surface area contributed by atoms with Gasteiger partial charge < -0.3 is 0 Å². The van der Waals surface area contributed by atoms with Gasteiger partial charge in [0.15, 0.2) is 0 Å². The average Bonchev–Trinajstić information content (AvgIpc) is 3.73. The van der Waals surface area contributed by atoms with Crippen LogP contribution < -0.4 is 0 Å². The lowest BCUT2D eigenvalue weighted by atomic mass is 9.83. The summed E-state index contributed by atoms with van der Waals surface area (Å²) in [6, 6.07) is 85.4. The molecule has 0 saturated heterocycles. The van der Waals surface area contributed by atoms with Crippen LogP contribution in [0.25, 0.3) is 130 Å². The summed E-state index contributed by atoms with van der Waals surface area (Å²) in [7, 11) is 0. The summed E-state index contributed by atoms with van der Waals surface area (Å²) in [5.41, 5.74) is 12.7. The fourth-order valence-corrected chi connectivity index (χ4v) is 11.8. The lowest BCUT2D eigenvalue weighted by Gasteiger charge is -2.20. The molecule has 0 aliphatic heterocycles. The van der Waals surface area contributed by atoms with E-state index in [1.165, 1.54) is 130 Å². The Kier molecular flexibility index (Phi) is 8.19. The Morgan fingerprint density at radius 1 is 0.206 bits per heavy atom. The van der Waals surface area contributed by atoms with E-state index < -0.39 is 0 Å². The first kappa shape index (κ1) is 35.9. The van der Waals surface area contributed by atoms with E-state index in [2.05, 4.69) is 231 Å². The lowest BCUT2D eigenvalue weighted by molar-refractivity contribution is 1.64. The topological polar surface area (TPSA) is 0 Å². The maximum absolute atomic E-state index is 2.45. The Balaban J connectivity index is 1.04. The molecule has 0 aliphatic carbocycles. The number of benzene rings is 12. The fraction of sp³-hybridized carbons (Fsp3) is 0. The van der Waals surface area contributed by atoms with Gasteiger partial charge in [-0.2, -0.15) is 0 Å². The highest BCUT2D eigenvalue weighted by Gasteiger charge is 2.22. The van der Waals surface area contributed by atoms with Crippen LogP contribution >= 0.6 is 11.3 Å². The second-order valence-electron chi connectivity index (χ2n) is 16.6. The molecule has 1 heterocycles. The third-order valence-corrected chi connectivity index (χ3v) is 14.4. The molecule has 13 aromatic rings. The van der Waals surface area contributed by atoms with Crippen LogP contribution in [0.2, 0.25) is 0 Å². The molecule has 1 aromatic heterocycles. The highest BCUT2D eigenvalue weighted by molar-refractivity contribution is 7.26. The minimum Gasteiger partial charge on any atom is -0.135 e. The van der Waals surface area contributed by atoms with Gasteiger partial charge in [0.05, 0.1) is 0 Å². The zero-order valence-electron chi connectivity index (χ0n) is 34.3. The molecule has 0 radical (unpaired) electrons. The van der Waals surface area contributed by atoms with E-state index in [0.717, 1.165) is 0 Å². The van der Waals surface area contributed by atoms with Crippen molar-refractivity contribution >= 4 is 85.4 Å². The van der Waals surface area contributed by atoms with Crippen molar-refractivity contribution < 1.29 is 0 Å². The van der Waals surface area contributed by atoms with Gasteiger partial charge in [0.25, 0.3) is 0 Å². The van der Waals surface area contributed by atoms with E-state index >= 15 is 0 Å². The van der Waals surface area contributed by atoms with Crippen molar-refractivity contribution in [3.05, 3.63) is 231 Å². The predicted molar refractivity (Wildman–Crippen MR) is 274 cm³/mol. The first-order valence-electron chi connectivity index (χ1n) is 21.8. The maximum Gasteiger partial charge on any atom is 0.0361 e. The predicted octanol–water partition coefficient (Wildman–Crippen LogP) is 18.2. The number of hydrogen-bond donors (Lipinski definition) is 0. The highest BCUT2D eigenvalue weighted by atomic mass is 32.1. The molecule has 1 heteroatoms. The number of rotatable bonds is 5. The van der Waals surface area contributed by atoms with Gasteiger partial charge in [0.2, 0.25) is 0 Å². The smallest absolute Gasteiger partial charge is 0.0361 e. The summed E-state index contributed by atoms with van der Waals surface area (Å²) in [6.07, 6.45) is 0. The molecule has 292 valence electrons. The quantitative estimate of drug-likeness (QED) is 0.152. The van der Waals surface area contributed by atoms with Crippen molar-refractivity contribution in [1.82, 2.24) is 0 Å². The van der Waals surface area contributed by atoms with E-state index in [1.54, 1.807) is 0 Å². The Morgan fingerprint density at radius 2 is 0.619 bits per heavy atom. The number of fused-ring (bicyclic) bond motifs is 8. The number of thiophene rings is 1. The SMILES string of the molecule is c1ccc(-c2ccc(-c3c4ccccc4c(-c4cccc5sc6cc(-c7c8ccccc8c(-c8ccccc8)c8ccccc78)ccc6c45)c4ccccc34)c3ccccc23)cc1. The molecule has 0 aliphatic rings. The summed E-state index contributed by atoms with van der Waals surface area (Å²) in [5.74, 6) is 0. The highest BCUT2D eigenvalue weighted by Crippen LogP contribution is 2.51. The third kappa shape index (κ3) is 5.54. The molecule has 0 nitrogen and oxygen atoms in total. The molecule has 12 aromatic carbocycles. The molecule has 63 heavy (non-hydrogen) atoms. The van der Waals surface area contributed by atoms with E-state index in [0.29, 0.717) is 0 Å². The van der Waals surface area contributed by atoms with E-state index in [-0.39, 0.29) is 0 Å². The minimum atomic E-state index is 1.23. The van der Waals surface area contributed by atoms with Gasteiger partial charge in [-0.15, -0.1) is 11.3 Å². The van der Waals surface area contributed by atoms with E-state index in [1.807, 2.05) is 11.3 Å². The van der Waals surface area contributed by atoms with Crippen LogP contribution in [0.15, 0.2) is 231 Å². The third-order valence-electron chi connectivity index (χ3n) is 13.3. The summed E-state index contributed by atoms with van der Waals surface area (Å²) < 4.78 is 2.60. The first-order chi connectivity index (χ1) is 31.3. The van der Waals surface area contributed by atoms with Crippen LogP contribution in [-0.2, 0) is 0 Å². The Labute approximate surface area is 369 Å². The molecular formula is C62H38S. The largest absolute Gasteiger partial charge is 0.135 e. The standard InChI is InChI=1S/C62H38S/c1-3-18-39(19-4-1)42-36-37-53(44-23-8-7-22-43(42)44)60-49-28-13-15-30-51(49)61(52-31-16-14-29-50(52)60)55-32-17-33-56-62(55)54-35-34-41(38-57(54)63-56)59-47-26-11-9-24-45(47)58(40-20-5-2-6-21-40)46-25-10-12-27-48(46)59/h1-38H. The molecule has 0 N–H and O–H groups in total. The van der Waals surface area contributed by atoms with Gasteiger partial charge in [0, 0.05) is 20.2 Å². The second kappa shape index (κ2) is 14.4. The monoisotopic (exact) mass is 814 g/mol. The van der Waals surface area contributed by atoms with Crippen LogP contribution in [-0.4, -0.2) is 0 Å². The van der Waals surface area contributed by atoms with Crippen molar-refractivity contribution in [2.24, 2.45) is 0 Å². The molecule has 0 amide bonds. The number of hydrogen-bond acceptors (Lipinski definition) is 1. The Bertz CT molecular complexity index is 3840. The van der Waals surface area contributed by atoms with Crippen LogP contribution in [0, 0.1) is 0 Å². The van der Waals surface area contributed by atoms with Gasteiger partial charge in [-0.3, -0.25) is 0 Å². The van der Waals surface area contributed by atoms with Crippen LogP contribution in [0.3, 0.4) is 0 Å².